The first-order chi connectivity index (χ1) is 10.6. The van der Waals surface area contributed by atoms with Gasteiger partial charge in [-0.1, -0.05) is 29.8 Å². The SMILES string of the molecule is COc1ccc(C(=O)NCCc2ccc(C)cc2)cc1OC. The van der Waals surface area contributed by atoms with Gasteiger partial charge in [-0.05, 0) is 37.1 Å². The van der Waals surface area contributed by atoms with E-state index in [2.05, 4.69) is 36.5 Å². The van der Waals surface area contributed by atoms with Crippen LogP contribution >= 0.6 is 0 Å². The van der Waals surface area contributed by atoms with Gasteiger partial charge in [-0.3, -0.25) is 4.79 Å². The van der Waals surface area contributed by atoms with Gasteiger partial charge < -0.3 is 14.8 Å². The molecule has 0 aliphatic heterocycles. The normalized spacial score (nSPS) is 10.1. The summed E-state index contributed by atoms with van der Waals surface area (Å²) in [6, 6.07) is 13.4. The van der Waals surface area contributed by atoms with Crippen molar-refractivity contribution in [3.63, 3.8) is 0 Å². The van der Waals surface area contributed by atoms with Crippen molar-refractivity contribution in [3.8, 4) is 11.5 Å². The zero-order valence-electron chi connectivity index (χ0n) is 13.2. The molecule has 0 aromatic heterocycles. The maximum Gasteiger partial charge on any atom is 0.251 e. The summed E-state index contributed by atoms with van der Waals surface area (Å²) in [6.07, 6.45) is 0.805. The number of nitrogens with one attached hydrogen (secondary N) is 1. The Labute approximate surface area is 131 Å². The fourth-order valence-electron chi connectivity index (χ4n) is 2.15. The van der Waals surface area contributed by atoms with Gasteiger partial charge in [0.2, 0.25) is 0 Å². The Bertz CT molecular complexity index is 635. The molecule has 4 heteroatoms. The third-order valence-corrected chi connectivity index (χ3v) is 3.47. The molecule has 0 saturated carbocycles. The molecule has 0 aliphatic carbocycles. The van der Waals surface area contributed by atoms with Crippen molar-refractivity contribution in [1.82, 2.24) is 5.32 Å². The van der Waals surface area contributed by atoms with E-state index in [9.17, 15) is 4.79 Å². The number of ether oxygens (including phenoxy) is 2. The predicted molar refractivity (Wildman–Crippen MR) is 86.8 cm³/mol. The first-order valence-electron chi connectivity index (χ1n) is 7.20. The summed E-state index contributed by atoms with van der Waals surface area (Å²) >= 11 is 0. The smallest absolute Gasteiger partial charge is 0.251 e. The van der Waals surface area contributed by atoms with E-state index in [4.69, 9.17) is 9.47 Å². The van der Waals surface area contributed by atoms with Crippen LogP contribution in [0.15, 0.2) is 42.5 Å². The minimum atomic E-state index is -0.118. The minimum absolute atomic E-state index is 0.118. The van der Waals surface area contributed by atoms with Gasteiger partial charge in [-0.2, -0.15) is 0 Å². The van der Waals surface area contributed by atoms with Crippen LogP contribution in [-0.4, -0.2) is 26.7 Å². The standard InChI is InChI=1S/C18H21NO3/c1-13-4-6-14(7-5-13)10-11-19-18(20)15-8-9-16(21-2)17(12-15)22-3/h4-9,12H,10-11H2,1-3H3,(H,19,20). The van der Waals surface area contributed by atoms with Crippen molar-refractivity contribution in [2.24, 2.45) is 0 Å². The van der Waals surface area contributed by atoms with Crippen molar-refractivity contribution >= 4 is 5.91 Å². The molecule has 0 aliphatic rings. The Hall–Kier alpha value is -2.49. The van der Waals surface area contributed by atoms with Crippen LogP contribution in [0, 0.1) is 6.92 Å². The van der Waals surface area contributed by atoms with Gasteiger partial charge in [0.15, 0.2) is 11.5 Å². The quantitative estimate of drug-likeness (QED) is 0.892. The number of rotatable bonds is 6. The Morgan fingerprint density at radius 2 is 1.68 bits per heavy atom. The molecule has 0 atom stereocenters. The zero-order chi connectivity index (χ0) is 15.9. The average Bonchev–Trinajstić information content (AvgIpc) is 2.55. The van der Waals surface area contributed by atoms with Crippen LogP contribution in [0.4, 0.5) is 0 Å². The lowest BCUT2D eigenvalue weighted by Gasteiger charge is -2.10. The lowest BCUT2D eigenvalue weighted by atomic mass is 10.1. The average molecular weight is 299 g/mol. The van der Waals surface area contributed by atoms with Crippen molar-refractivity contribution in [2.45, 2.75) is 13.3 Å². The van der Waals surface area contributed by atoms with Crippen molar-refractivity contribution in [2.75, 3.05) is 20.8 Å². The first kappa shape index (κ1) is 15.9. The van der Waals surface area contributed by atoms with E-state index in [1.54, 1.807) is 32.4 Å². The molecule has 0 fully saturated rings. The molecule has 4 nitrogen and oxygen atoms in total. The van der Waals surface area contributed by atoms with Gasteiger partial charge >= 0.3 is 0 Å². The summed E-state index contributed by atoms with van der Waals surface area (Å²) < 4.78 is 10.4. The largest absolute Gasteiger partial charge is 0.493 e. The number of hydrogen-bond donors (Lipinski definition) is 1. The van der Waals surface area contributed by atoms with E-state index < -0.39 is 0 Å². The summed E-state index contributed by atoms with van der Waals surface area (Å²) in [6.45, 7) is 2.65. The summed E-state index contributed by atoms with van der Waals surface area (Å²) in [7, 11) is 3.12. The number of amides is 1. The molecule has 2 aromatic carbocycles. The zero-order valence-corrected chi connectivity index (χ0v) is 13.2. The molecular formula is C18H21NO3. The molecule has 0 heterocycles. The van der Waals surface area contributed by atoms with Crippen LogP contribution in [-0.2, 0) is 6.42 Å². The predicted octanol–water partition coefficient (Wildman–Crippen LogP) is 2.98. The summed E-state index contributed by atoms with van der Waals surface area (Å²) in [5.74, 6) is 1.04. The monoisotopic (exact) mass is 299 g/mol. The van der Waals surface area contributed by atoms with Gasteiger partial charge in [0, 0.05) is 12.1 Å². The van der Waals surface area contributed by atoms with E-state index in [0.717, 1.165) is 6.42 Å². The summed E-state index contributed by atoms with van der Waals surface area (Å²) in [4.78, 5) is 12.1. The fourth-order valence-corrected chi connectivity index (χ4v) is 2.15. The Balaban J connectivity index is 1.93. The van der Waals surface area contributed by atoms with Crippen LogP contribution in [0.3, 0.4) is 0 Å². The second-order valence-corrected chi connectivity index (χ2v) is 5.06. The number of aryl methyl sites for hydroxylation is 1. The maximum atomic E-state index is 12.1. The van der Waals surface area contributed by atoms with E-state index >= 15 is 0 Å². The van der Waals surface area contributed by atoms with E-state index in [0.29, 0.717) is 23.6 Å². The first-order valence-corrected chi connectivity index (χ1v) is 7.20. The van der Waals surface area contributed by atoms with Crippen molar-refractivity contribution in [1.29, 1.82) is 0 Å². The Morgan fingerprint density at radius 3 is 2.32 bits per heavy atom. The number of carbonyl (C=O) groups is 1. The molecule has 0 radical (unpaired) electrons. The van der Waals surface area contributed by atoms with Gasteiger partial charge in [0.25, 0.3) is 5.91 Å². The lowest BCUT2D eigenvalue weighted by Crippen LogP contribution is -2.25. The Morgan fingerprint density at radius 1 is 1.00 bits per heavy atom. The molecule has 2 aromatic rings. The third kappa shape index (κ3) is 4.01. The molecule has 2 rings (SSSR count). The molecule has 1 amide bonds. The summed E-state index contributed by atoms with van der Waals surface area (Å²) in [5.41, 5.74) is 3.00. The molecule has 0 spiro atoms. The fraction of sp³-hybridized carbons (Fsp3) is 0.278. The Kier molecular flexibility index (Phi) is 5.42. The van der Waals surface area contributed by atoms with Crippen molar-refractivity contribution < 1.29 is 14.3 Å². The molecular weight excluding hydrogens is 278 g/mol. The van der Waals surface area contributed by atoms with Crippen LogP contribution in [0.1, 0.15) is 21.5 Å². The van der Waals surface area contributed by atoms with Gasteiger partial charge in [0.05, 0.1) is 14.2 Å². The highest BCUT2D eigenvalue weighted by Gasteiger charge is 2.10. The van der Waals surface area contributed by atoms with Gasteiger partial charge in [0.1, 0.15) is 0 Å². The topological polar surface area (TPSA) is 47.6 Å². The highest BCUT2D eigenvalue weighted by Crippen LogP contribution is 2.27. The van der Waals surface area contributed by atoms with E-state index in [-0.39, 0.29) is 5.91 Å². The second kappa shape index (κ2) is 7.50. The van der Waals surface area contributed by atoms with Crippen LogP contribution < -0.4 is 14.8 Å². The number of methoxy groups -OCH3 is 2. The highest BCUT2D eigenvalue weighted by molar-refractivity contribution is 5.94. The number of carbonyl (C=O) groups excluding carboxylic acids is 1. The molecule has 0 saturated heterocycles. The molecule has 0 unspecified atom stereocenters. The van der Waals surface area contributed by atoms with Gasteiger partial charge in [-0.25, -0.2) is 0 Å². The number of hydrogen-bond acceptors (Lipinski definition) is 3. The maximum absolute atomic E-state index is 12.1. The van der Waals surface area contributed by atoms with Gasteiger partial charge in [-0.15, -0.1) is 0 Å². The summed E-state index contributed by atoms with van der Waals surface area (Å²) in [5, 5.41) is 2.92. The highest BCUT2D eigenvalue weighted by atomic mass is 16.5. The van der Waals surface area contributed by atoms with E-state index in [1.165, 1.54) is 11.1 Å². The second-order valence-electron chi connectivity index (χ2n) is 5.06. The number of benzene rings is 2. The minimum Gasteiger partial charge on any atom is -0.493 e. The van der Waals surface area contributed by atoms with Crippen LogP contribution in [0.2, 0.25) is 0 Å². The molecule has 116 valence electrons. The molecule has 22 heavy (non-hydrogen) atoms. The van der Waals surface area contributed by atoms with Crippen LogP contribution in [0.5, 0.6) is 11.5 Å². The lowest BCUT2D eigenvalue weighted by molar-refractivity contribution is 0.0953. The van der Waals surface area contributed by atoms with Crippen molar-refractivity contribution in [3.05, 3.63) is 59.2 Å². The van der Waals surface area contributed by atoms with Crippen LogP contribution in [0.25, 0.3) is 0 Å². The molecule has 0 bridgehead atoms. The molecule has 1 N–H and O–H groups in total. The van der Waals surface area contributed by atoms with E-state index in [1.807, 2.05) is 0 Å². The third-order valence-electron chi connectivity index (χ3n) is 3.47.